The minimum Gasteiger partial charge on any atom is -0.381 e. The van der Waals surface area contributed by atoms with Crippen LogP contribution in [-0.4, -0.2) is 43.3 Å². The molecule has 0 aliphatic carbocycles. The van der Waals surface area contributed by atoms with E-state index in [0.717, 1.165) is 52.1 Å². The maximum atomic E-state index is 11.9. The van der Waals surface area contributed by atoms with E-state index >= 15 is 0 Å². The molecule has 0 spiro atoms. The topological polar surface area (TPSA) is 41.6 Å². The number of nitrogens with one attached hydrogen (secondary N) is 1. The van der Waals surface area contributed by atoms with Crippen LogP contribution < -0.4 is 5.32 Å². The van der Waals surface area contributed by atoms with Gasteiger partial charge in [-0.3, -0.25) is 10.1 Å². The van der Waals surface area contributed by atoms with Crippen LogP contribution in [0, 0.1) is 5.92 Å². The molecule has 0 aromatic heterocycles. The van der Waals surface area contributed by atoms with Crippen molar-refractivity contribution in [2.24, 2.45) is 5.92 Å². The lowest BCUT2D eigenvalue weighted by molar-refractivity contribution is -0.129. The molecule has 0 bridgehead atoms. The highest BCUT2D eigenvalue weighted by molar-refractivity contribution is 5.83. The molecule has 0 saturated carbocycles. The van der Waals surface area contributed by atoms with E-state index in [0.29, 0.717) is 11.8 Å². The SMILES string of the molecule is CCCC1NCN(CCC2CCOC2)C1=O. The van der Waals surface area contributed by atoms with Crippen molar-refractivity contribution >= 4 is 5.91 Å². The second-order valence-corrected chi connectivity index (χ2v) is 4.82. The molecule has 2 fully saturated rings. The minimum absolute atomic E-state index is 0.0739. The predicted molar refractivity (Wildman–Crippen MR) is 62.0 cm³/mol. The van der Waals surface area contributed by atoms with Crippen molar-refractivity contribution in [3.63, 3.8) is 0 Å². The fourth-order valence-electron chi connectivity index (χ4n) is 2.46. The third-order valence-corrected chi connectivity index (χ3v) is 3.55. The number of carbonyl (C=O) groups is 1. The van der Waals surface area contributed by atoms with Gasteiger partial charge in [0.25, 0.3) is 0 Å². The van der Waals surface area contributed by atoms with Crippen molar-refractivity contribution in [3.8, 4) is 0 Å². The molecule has 2 heterocycles. The molecule has 4 nitrogen and oxygen atoms in total. The third-order valence-electron chi connectivity index (χ3n) is 3.55. The fourth-order valence-corrected chi connectivity index (χ4v) is 2.46. The molecule has 2 aliphatic rings. The quantitative estimate of drug-likeness (QED) is 0.759. The smallest absolute Gasteiger partial charge is 0.240 e. The first kappa shape index (κ1) is 11.9. The summed E-state index contributed by atoms with van der Waals surface area (Å²) in [6, 6.07) is 0.0739. The molecule has 16 heavy (non-hydrogen) atoms. The Kier molecular flexibility index (Phi) is 4.18. The highest BCUT2D eigenvalue weighted by atomic mass is 16.5. The minimum atomic E-state index is 0.0739. The zero-order valence-electron chi connectivity index (χ0n) is 10.1. The molecule has 0 radical (unpaired) electrons. The fraction of sp³-hybridized carbons (Fsp3) is 0.917. The molecule has 2 unspecified atom stereocenters. The van der Waals surface area contributed by atoms with Crippen molar-refractivity contribution in [2.75, 3.05) is 26.4 Å². The van der Waals surface area contributed by atoms with E-state index in [4.69, 9.17) is 4.74 Å². The van der Waals surface area contributed by atoms with Gasteiger partial charge in [-0.05, 0) is 25.2 Å². The number of carbonyl (C=O) groups excluding carboxylic acids is 1. The van der Waals surface area contributed by atoms with Crippen LogP contribution in [0.2, 0.25) is 0 Å². The number of hydrogen-bond acceptors (Lipinski definition) is 3. The molecule has 92 valence electrons. The summed E-state index contributed by atoms with van der Waals surface area (Å²) in [7, 11) is 0. The Hall–Kier alpha value is -0.610. The summed E-state index contributed by atoms with van der Waals surface area (Å²) in [5.74, 6) is 0.957. The Morgan fingerprint density at radius 2 is 2.38 bits per heavy atom. The molecular weight excluding hydrogens is 204 g/mol. The Bertz CT molecular complexity index is 239. The molecule has 2 aliphatic heterocycles. The van der Waals surface area contributed by atoms with E-state index in [-0.39, 0.29) is 6.04 Å². The number of nitrogens with zero attached hydrogens (tertiary/aromatic N) is 1. The van der Waals surface area contributed by atoms with Gasteiger partial charge < -0.3 is 9.64 Å². The molecule has 1 N–H and O–H groups in total. The molecule has 2 saturated heterocycles. The first-order valence-electron chi connectivity index (χ1n) is 6.41. The van der Waals surface area contributed by atoms with Crippen LogP contribution in [0.3, 0.4) is 0 Å². The zero-order chi connectivity index (χ0) is 11.4. The zero-order valence-corrected chi connectivity index (χ0v) is 10.1. The first-order valence-corrected chi connectivity index (χ1v) is 6.41. The van der Waals surface area contributed by atoms with Gasteiger partial charge in [0.2, 0.25) is 5.91 Å². The van der Waals surface area contributed by atoms with Gasteiger partial charge in [0.15, 0.2) is 0 Å². The second kappa shape index (κ2) is 5.64. The first-order chi connectivity index (χ1) is 7.81. The van der Waals surface area contributed by atoms with Gasteiger partial charge in [0, 0.05) is 19.8 Å². The molecule has 2 atom stereocenters. The normalized spacial score (nSPS) is 30.3. The van der Waals surface area contributed by atoms with Gasteiger partial charge in [0.1, 0.15) is 0 Å². The maximum Gasteiger partial charge on any atom is 0.240 e. The number of ether oxygens (including phenoxy) is 1. The van der Waals surface area contributed by atoms with Crippen molar-refractivity contribution in [1.82, 2.24) is 10.2 Å². The molecule has 2 rings (SSSR count). The lowest BCUT2D eigenvalue weighted by atomic mass is 10.0. The average molecular weight is 226 g/mol. The monoisotopic (exact) mass is 226 g/mol. The second-order valence-electron chi connectivity index (χ2n) is 4.82. The summed E-state index contributed by atoms with van der Waals surface area (Å²) in [5, 5.41) is 3.28. The van der Waals surface area contributed by atoms with Crippen LogP contribution in [0.25, 0.3) is 0 Å². The van der Waals surface area contributed by atoms with Crippen LogP contribution in [-0.2, 0) is 9.53 Å². The van der Waals surface area contributed by atoms with Crippen LogP contribution in [0.15, 0.2) is 0 Å². The van der Waals surface area contributed by atoms with E-state index in [2.05, 4.69) is 12.2 Å². The number of amides is 1. The third kappa shape index (κ3) is 2.74. The van der Waals surface area contributed by atoms with E-state index in [1.165, 1.54) is 0 Å². The van der Waals surface area contributed by atoms with E-state index < -0.39 is 0 Å². The summed E-state index contributed by atoms with van der Waals surface area (Å²) in [4.78, 5) is 13.9. The number of hydrogen-bond donors (Lipinski definition) is 1. The average Bonchev–Trinajstić information content (AvgIpc) is 2.89. The Balaban J connectivity index is 1.72. The molecule has 1 amide bonds. The summed E-state index contributed by atoms with van der Waals surface area (Å²) in [6.07, 6.45) is 4.27. The summed E-state index contributed by atoms with van der Waals surface area (Å²) >= 11 is 0. The van der Waals surface area contributed by atoms with Crippen molar-refractivity contribution in [1.29, 1.82) is 0 Å². The standard InChI is InChI=1S/C12H22N2O2/c1-2-3-11-12(15)14(9-13-11)6-4-10-5-7-16-8-10/h10-11,13H,2-9H2,1H3. The van der Waals surface area contributed by atoms with Crippen LogP contribution in [0.5, 0.6) is 0 Å². The number of rotatable bonds is 5. The largest absolute Gasteiger partial charge is 0.381 e. The van der Waals surface area contributed by atoms with E-state index in [1.54, 1.807) is 0 Å². The van der Waals surface area contributed by atoms with Crippen molar-refractivity contribution in [3.05, 3.63) is 0 Å². The van der Waals surface area contributed by atoms with Gasteiger partial charge in [-0.25, -0.2) is 0 Å². The molecule has 0 aromatic rings. The van der Waals surface area contributed by atoms with Gasteiger partial charge in [-0.1, -0.05) is 13.3 Å². The van der Waals surface area contributed by atoms with Crippen molar-refractivity contribution in [2.45, 2.75) is 38.6 Å². The van der Waals surface area contributed by atoms with Crippen molar-refractivity contribution < 1.29 is 9.53 Å². The summed E-state index contributed by atoms with van der Waals surface area (Å²) in [6.45, 7) is 5.52. The molecule has 0 aromatic carbocycles. The maximum absolute atomic E-state index is 11.9. The van der Waals surface area contributed by atoms with Crippen LogP contribution in [0.4, 0.5) is 0 Å². The lowest BCUT2D eigenvalue weighted by Crippen LogP contribution is -2.31. The van der Waals surface area contributed by atoms with Gasteiger partial charge in [0.05, 0.1) is 12.7 Å². The Morgan fingerprint density at radius 3 is 3.06 bits per heavy atom. The predicted octanol–water partition coefficient (Wildman–Crippen LogP) is 0.971. The van der Waals surface area contributed by atoms with Gasteiger partial charge in [-0.2, -0.15) is 0 Å². The highest BCUT2D eigenvalue weighted by Crippen LogP contribution is 2.18. The lowest BCUT2D eigenvalue weighted by Gasteiger charge is -2.17. The highest BCUT2D eigenvalue weighted by Gasteiger charge is 2.30. The van der Waals surface area contributed by atoms with E-state index in [1.807, 2.05) is 4.90 Å². The van der Waals surface area contributed by atoms with Gasteiger partial charge >= 0.3 is 0 Å². The summed E-state index contributed by atoms with van der Waals surface area (Å²) < 4.78 is 5.34. The Labute approximate surface area is 97.3 Å². The summed E-state index contributed by atoms with van der Waals surface area (Å²) in [5.41, 5.74) is 0. The van der Waals surface area contributed by atoms with Crippen LogP contribution >= 0.6 is 0 Å². The van der Waals surface area contributed by atoms with E-state index in [9.17, 15) is 4.79 Å². The molecular formula is C12H22N2O2. The Morgan fingerprint density at radius 1 is 1.50 bits per heavy atom. The van der Waals surface area contributed by atoms with Crippen LogP contribution in [0.1, 0.15) is 32.6 Å². The molecule has 4 heteroatoms. The van der Waals surface area contributed by atoms with Gasteiger partial charge in [-0.15, -0.1) is 0 Å².